The van der Waals surface area contributed by atoms with Crippen LogP contribution in [0.3, 0.4) is 0 Å². The number of alkyl carbamates (subject to hydrolysis) is 1. The molecule has 112 valence electrons. The number of carbonyl (C=O) groups excluding carboxylic acids is 1. The van der Waals surface area contributed by atoms with Crippen LogP contribution in [-0.2, 0) is 16.1 Å². The molecule has 2 aliphatic rings. The first kappa shape index (κ1) is 13.9. The van der Waals surface area contributed by atoms with Crippen LogP contribution in [0, 0.1) is 11.8 Å². The van der Waals surface area contributed by atoms with E-state index < -0.39 is 17.6 Å². The molecule has 0 aromatic heterocycles. The second kappa shape index (κ2) is 5.39. The van der Waals surface area contributed by atoms with E-state index in [1.54, 1.807) is 0 Å². The van der Waals surface area contributed by atoms with Crippen molar-refractivity contribution in [1.82, 2.24) is 5.32 Å². The lowest BCUT2D eigenvalue weighted by molar-refractivity contribution is -0.138. The standard InChI is InChI=1S/C16H19NO4/c18-14(19)9-16(7-6-12-8-13(12)16)17-15(20)21-10-11-4-2-1-3-5-11/h1-5,12-13H,6-10H2,(H,17,20)(H,18,19)/t12-,13+,16?/m0/s1. The second-order valence-corrected chi connectivity index (χ2v) is 6.05. The van der Waals surface area contributed by atoms with Gasteiger partial charge in [0.05, 0.1) is 12.0 Å². The van der Waals surface area contributed by atoms with Crippen molar-refractivity contribution in [3.63, 3.8) is 0 Å². The average molecular weight is 289 g/mol. The van der Waals surface area contributed by atoms with Gasteiger partial charge in [0.2, 0.25) is 0 Å². The molecule has 3 atom stereocenters. The number of hydrogen-bond donors (Lipinski definition) is 2. The van der Waals surface area contributed by atoms with Gasteiger partial charge < -0.3 is 15.2 Å². The number of carbonyl (C=O) groups is 2. The van der Waals surface area contributed by atoms with Crippen LogP contribution >= 0.6 is 0 Å². The Kier molecular flexibility index (Phi) is 3.57. The van der Waals surface area contributed by atoms with Gasteiger partial charge in [0.15, 0.2) is 0 Å². The largest absolute Gasteiger partial charge is 0.481 e. The highest BCUT2D eigenvalue weighted by atomic mass is 16.5. The lowest BCUT2D eigenvalue weighted by Gasteiger charge is -2.30. The maximum atomic E-state index is 12.0. The monoisotopic (exact) mass is 289 g/mol. The van der Waals surface area contributed by atoms with Crippen LogP contribution in [0.15, 0.2) is 30.3 Å². The summed E-state index contributed by atoms with van der Waals surface area (Å²) in [7, 11) is 0. The molecule has 5 heteroatoms. The highest BCUT2D eigenvalue weighted by Crippen LogP contribution is 2.58. The molecule has 1 unspecified atom stereocenters. The molecular weight excluding hydrogens is 270 g/mol. The first-order chi connectivity index (χ1) is 10.1. The Morgan fingerprint density at radius 3 is 2.67 bits per heavy atom. The van der Waals surface area contributed by atoms with Gasteiger partial charge in [-0.25, -0.2) is 4.79 Å². The van der Waals surface area contributed by atoms with E-state index >= 15 is 0 Å². The van der Waals surface area contributed by atoms with Gasteiger partial charge in [-0.05, 0) is 36.7 Å². The van der Waals surface area contributed by atoms with Gasteiger partial charge in [0, 0.05) is 0 Å². The van der Waals surface area contributed by atoms with Gasteiger partial charge in [-0.1, -0.05) is 30.3 Å². The highest BCUT2D eigenvalue weighted by molar-refractivity contribution is 5.73. The fourth-order valence-corrected chi connectivity index (χ4v) is 3.52. The van der Waals surface area contributed by atoms with Gasteiger partial charge in [-0.2, -0.15) is 0 Å². The molecule has 0 aliphatic heterocycles. The molecule has 2 fully saturated rings. The van der Waals surface area contributed by atoms with Crippen molar-refractivity contribution in [1.29, 1.82) is 0 Å². The van der Waals surface area contributed by atoms with E-state index in [-0.39, 0.29) is 13.0 Å². The first-order valence-corrected chi connectivity index (χ1v) is 7.30. The summed E-state index contributed by atoms with van der Waals surface area (Å²) < 4.78 is 5.22. The van der Waals surface area contributed by atoms with Crippen LogP contribution in [0.4, 0.5) is 4.79 Å². The fourth-order valence-electron chi connectivity index (χ4n) is 3.52. The Balaban J connectivity index is 1.58. The van der Waals surface area contributed by atoms with E-state index in [2.05, 4.69) is 5.32 Å². The summed E-state index contributed by atoms with van der Waals surface area (Å²) in [6.45, 7) is 0.198. The van der Waals surface area contributed by atoms with Crippen molar-refractivity contribution < 1.29 is 19.4 Å². The predicted molar refractivity (Wildman–Crippen MR) is 75.6 cm³/mol. The molecular formula is C16H19NO4. The van der Waals surface area contributed by atoms with Crippen LogP contribution in [0.25, 0.3) is 0 Å². The Morgan fingerprint density at radius 1 is 1.33 bits per heavy atom. The van der Waals surface area contributed by atoms with E-state index in [1.165, 1.54) is 0 Å². The lowest BCUT2D eigenvalue weighted by Crippen LogP contribution is -2.50. The molecule has 0 bridgehead atoms. The third kappa shape index (κ3) is 3.01. The number of amides is 1. The third-order valence-electron chi connectivity index (χ3n) is 4.62. The van der Waals surface area contributed by atoms with Gasteiger partial charge in [0.1, 0.15) is 6.61 Å². The maximum absolute atomic E-state index is 12.0. The summed E-state index contributed by atoms with van der Waals surface area (Å²) >= 11 is 0. The summed E-state index contributed by atoms with van der Waals surface area (Å²) in [6.07, 6.45) is 2.21. The minimum atomic E-state index is -0.870. The average Bonchev–Trinajstić information content (AvgIpc) is 3.17. The topological polar surface area (TPSA) is 75.6 Å². The first-order valence-electron chi connectivity index (χ1n) is 7.30. The van der Waals surface area contributed by atoms with Crippen LogP contribution in [-0.4, -0.2) is 22.7 Å². The minimum absolute atomic E-state index is 0.0192. The van der Waals surface area contributed by atoms with E-state index in [4.69, 9.17) is 9.84 Å². The van der Waals surface area contributed by atoms with Gasteiger partial charge in [0.25, 0.3) is 0 Å². The Morgan fingerprint density at radius 2 is 2.10 bits per heavy atom. The minimum Gasteiger partial charge on any atom is -0.481 e. The second-order valence-electron chi connectivity index (χ2n) is 6.05. The van der Waals surface area contributed by atoms with Crippen LogP contribution < -0.4 is 5.32 Å². The molecule has 0 saturated heterocycles. The van der Waals surface area contributed by atoms with Crippen LogP contribution in [0.2, 0.25) is 0 Å². The molecule has 1 amide bonds. The zero-order valence-electron chi connectivity index (χ0n) is 11.7. The summed E-state index contributed by atoms with van der Waals surface area (Å²) in [5.41, 5.74) is 0.306. The molecule has 2 N–H and O–H groups in total. The molecule has 3 rings (SSSR count). The number of ether oxygens (including phenoxy) is 1. The lowest BCUT2D eigenvalue weighted by atomic mass is 9.89. The van der Waals surface area contributed by atoms with Crippen LogP contribution in [0.1, 0.15) is 31.2 Å². The van der Waals surface area contributed by atoms with Crippen molar-refractivity contribution in [2.24, 2.45) is 11.8 Å². The van der Waals surface area contributed by atoms with Gasteiger partial charge in [-0.15, -0.1) is 0 Å². The van der Waals surface area contributed by atoms with E-state index in [1.807, 2.05) is 30.3 Å². The Hall–Kier alpha value is -2.04. The SMILES string of the molecule is O=C(O)CC1(NC(=O)OCc2ccccc2)CC[C@H]2C[C@H]21. The molecule has 1 aromatic rings. The number of aliphatic carboxylic acids is 1. The number of carboxylic acid groups (broad SMARTS) is 1. The number of hydrogen-bond acceptors (Lipinski definition) is 3. The van der Waals surface area contributed by atoms with Crippen molar-refractivity contribution in [3.8, 4) is 0 Å². The van der Waals surface area contributed by atoms with Crippen molar-refractivity contribution in [2.75, 3.05) is 0 Å². The van der Waals surface area contributed by atoms with Crippen molar-refractivity contribution in [2.45, 2.75) is 37.8 Å². The summed E-state index contributed by atoms with van der Waals surface area (Å²) in [5.74, 6) is 0.0163. The summed E-state index contributed by atoms with van der Waals surface area (Å²) in [6, 6.07) is 9.43. The number of rotatable bonds is 5. The number of fused-ring (bicyclic) bond motifs is 1. The molecule has 0 spiro atoms. The normalized spacial score (nSPS) is 29.5. The van der Waals surface area contributed by atoms with E-state index in [0.29, 0.717) is 11.8 Å². The Labute approximate surface area is 123 Å². The number of nitrogens with one attached hydrogen (secondary N) is 1. The third-order valence-corrected chi connectivity index (χ3v) is 4.62. The highest BCUT2D eigenvalue weighted by Gasteiger charge is 2.59. The summed E-state index contributed by atoms with van der Waals surface area (Å²) in [4.78, 5) is 23.1. The smallest absolute Gasteiger partial charge is 0.407 e. The molecule has 0 heterocycles. The molecule has 1 aromatic carbocycles. The maximum Gasteiger partial charge on any atom is 0.407 e. The van der Waals surface area contributed by atoms with Crippen molar-refractivity contribution in [3.05, 3.63) is 35.9 Å². The van der Waals surface area contributed by atoms with Gasteiger partial charge >= 0.3 is 12.1 Å². The Bertz CT molecular complexity index is 544. The zero-order chi connectivity index (χ0) is 14.9. The number of benzene rings is 1. The van der Waals surface area contributed by atoms with Crippen molar-refractivity contribution >= 4 is 12.1 Å². The summed E-state index contributed by atoms with van der Waals surface area (Å²) in [5, 5.41) is 11.9. The fraction of sp³-hybridized carbons (Fsp3) is 0.500. The molecule has 2 saturated carbocycles. The van der Waals surface area contributed by atoms with E-state index in [0.717, 1.165) is 24.8 Å². The number of carboxylic acids is 1. The molecule has 0 radical (unpaired) electrons. The molecule has 21 heavy (non-hydrogen) atoms. The molecule has 2 aliphatic carbocycles. The van der Waals surface area contributed by atoms with Gasteiger partial charge in [-0.3, -0.25) is 4.79 Å². The van der Waals surface area contributed by atoms with Crippen LogP contribution in [0.5, 0.6) is 0 Å². The zero-order valence-corrected chi connectivity index (χ0v) is 11.7. The predicted octanol–water partition coefficient (Wildman–Crippen LogP) is 2.56. The molecule has 5 nitrogen and oxygen atoms in total. The van der Waals surface area contributed by atoms with E-state index in [9.17, 15) is 9.59 Å². The quantitative estimate of drug-likeness (QED) is 0.873.